The van der Waals surface area contributed by atoms with E-state index in [1.54, 1.807) is 0 Å². The van der Waals surface area contributed by atoms with E-state index in [1.165, 1.54) is 27.6 Å². The van der Waals surface area contributed by atoms with Gasteiger partial charge < -0.3 is 15.0 Å². The van der Waals surface area contributed by atoms with Gasteiger partial charge in [-0.3, -0.25) is 4.79 Å². The van der Waals surface area contributed by atoms with Gasteiger partial charge in [0.05, 0.1) is 5.92 Å². The number of piperidine rings is 1. The first-order valence-corrected chi connectivity index (χ1v) is 8.83. The van der Waals surface area contributed by atoms with Crippen LogP contribution in [0, 0.1) is 5.92 Å². The number of aromatic nitrogens is 1. The highest BCUT2D eigenvalue weighted by Crippen LogP contribution is 2.45. The Kier molecular flexibility index (Phi) is 3.33. The summed E-state index contributed by atoms with van der Waals surface area (Å²) < 4.78 is 0. The van der Waals surface area contributed by atoms with Crippen LogP contribution < -0.4 is 0 Å². The van der Waals surface area contributed by atoms with E-state index in [1.807, 2.05) is 0 Å². The SMILES string of the molecule is CN1C[C@H](C(=O)O)C[C@@H]2c3cc(C(C)(C)C)cc4[nH]cc(c34)C[C@H]21. The fourth-order valence-corrected chi connectivity index (χ4v) is 4.63. The summed E-state index contributed by atoms with van der Waals surface area (Å²) in [6.07, 6.45) is 3.90. The predicted octanol–water partition coefficient (Wildman–Crippen LogP) is 3.51. The number of nitrogens with zero attached hydrogens (tertiary/aromatic N) is 1. The molecule has 2 aromatic rings. The largest absolute Gasteiger partial charge is 0.481 e. The Morgan fingerprint density at radius 1 is 1.33 bits per heavy atom. The normalized spacial score (nSPS) is 27.2. The van der Waals surface area contributed by atoms with Gasteiger partial charge in [0, 0.05) is 35.6 Å². The number of likely N-dealkylation sites (tertiary alicyclic amines) is 1. The van der Waals surface area contributed by atoms with E-state index in [0.29, 0.717) is 18.5 Å². The number of aliphatic carboxylic acids is 1. The second-order valence-electron chi connectivity index (χ2n) is 8.64. The molecule has 1 aliphatic carbocycles. The quantitative estimate of drug-likeness (QED) is 0.843. The van der Waals surface area contributed by atoms with Crippen LogP contribution in [0.4, 0.5) is 0 Å². The molecule has 24 heavy (non-hydrogen) atoms. The molecule has 0 saturated carbocycles. The number of fused-ring (bicyclic) bond motifs is 2. The fourth-order valence-electron chi connectivity index (χ4n) is 4.63. The van der Waals surface area contributed by atoms with E-state index >= 15 is 0 Å². The van der Waals surface area contributed by atoms with Crippen molar-refractivity contribution in [3.63, 3.8) is 0 Å². The van der Waals surface area contributed by atoms with E-state index in [2.05, 4.69) is 56.0 Å². The van der Waals surface area contributed by atoms with Gasteiger partial charge >= 0.3 is 5.97 Å². The Labute approximate surface area is 142 Å². The minimum Gasteiger partial charge on any atom is -0.481 e. The van der Waals surface area contributed by atoms with E-state index < -0.39 is 5.97 Å². The van der Waals surface area contributed by atoms with Crippen molar-refractivity contribution in [1.29, 1.82) is 0 Å². The van der Waals surface area contributed by atoms with Crippen molar-refractivity contribution < 1.29 is 9.90 Å². The second-order valence-corrected chi connectivity index (χ2v) is 8.64. The van der Waals surface area contributed by atoms with Gasteiger partial charge in [-0.15, -0.1) is 0 Å². The molecule has 0 amide bonds. The number of benzene rings is 1. The van der Waals surface area contributed by atoms with Gasteiger partial charge in [-0.2, -0.15) is 0 Å². The average molecular weight is 326 g/mol. The minimum atomic E-state index is -0.664. The van der Waals surface area contributed by atoms with E-state index in [4.69, 9.17) is 0 Å². The molecule has 0 unspecified atom stereocenters. The topological polar surface area (TPSA) is 56.3 Å². The maximum Gasteiger partial charge on any atom is 0.307 e. The standard InChI is InChI=1S/C20H26N2O2/c1-20(2,3)13-7-15-14-5-12(19(23)24)10-22(4)17(14)6-11-9-21-16(8-13)18(11)15/h7-9,12,14,17,21H,5-6,10H2,1-4H3,(H,23,24)/t12-,14-,17-/m1/s1. The first-order valence-electron chi connectivity index (χ1n) is 8.83. The first kappa shape index (κ1) is 15.7. The lowest BCUT2D eigenvalue weighted by atomic mass is 9.71. The maximum atomic E-state index is 11.6. The molecule has 2 N–H and O–H groups in total. The van der Waals surface area contributed by atoms with Crippen molar-refractivity contribution in [1.82, 2.24) is 9.88 Å². The third kappa shape index (κ3) is 2.27. The van der Waals surface area contributed by atoms with Gasteiger partial charge in [0.1, 0.15) is 0 Å². The highest BCUT2D eigenvalue weighted by molar-refractivity contribution is 5.89. The Bertz CT molecular complexity index is 815. The van der Waals surface area contributed by atoms with Crippen LogP contribution in [0.1, 0.15) is 49.8 Å². The molecule has 1 aliphatic heterocycles. The number of carboxylic acid groups (broad SMARTS) is 1. The van der Waals surface area contributed by atoms with Crippen LogP contribution in [-0.2, 0) is 16.6 Å². The van der Waals surface area contributed by atoms with Gasteiger partial charge in [0.25, 0.3) is 0 Å². The summed E-state index contributed by atoms with van der Waals surface area (Å²) in [7, 11) is 2.08. The molecule has 0 radical (unpaired) electrons. The summed E-state index contributed by atoms with van der Waals surface area (Å²) in [6.45, 7) is 7.35. The van der Waals surface area contributed by atoms with Crippen LogP contribution in [0.2, 0.25) is 0 Å². The first-order chi connectivity index (χ1) is 11.3. The lowest BCUT2D eigenvalue weighted by molar-refractivity contribution is -0.144. The van der Waals surface area contributed by atoms with E-state index in [9.17, 15) is 9.90 Å². The zero-order valence-electron chi connectivity index (χ0n) is 14.9. The molecule has 128 valence electrons. The van der Waals surface area contributed by atoms with Gasteiger partial charge in [-0.1, -0.05) is 26.8 Å². The summed E-state index contributed by atoms with van der Waals surface area (Å²) in [5, 5.41) is 10.9. The number of likely N-dealkylation sites (N-methyl/N-ethyl adjacent to an activating group) is 1. The summed E-state index contributed by atoms with van der Waals surface area (Å²) in [6, 6.07) is 5.01. The zero-order valence-corrected chi connectivity index (χ0v) is 14.9. The van der Waals surface area contributed by atoms with Crippen LogP contribution in [0.3, 0.4) is 0 Å². The Balaban J connectivity index is 1.89. The molecule has 0 spiro atoms. The summed E-state index contributed by atoms with van der Waals surface area (Å²) in [4.78, 5) is 17.3. The third-order valence-corrected chi connectivity index (χ3v) is 6.01. The Morgan fingerprint density at radius 2 is 2.08 bits per heavy atom. The Morgan fingerprint density at radius 3 is 2.75 bits per heavy atom. The number of carbonyl (C=O) groups is 1. The van der Waals surface area contributed by atoms with Crippen molar-refractivity contribution in [2.75, 3.05) is 13.6 Å². The van der Waals surface area contributed by atoms with Crippen LogP contribution in [-0.4, -0.2) is 40.6 Å². The van der Waals surface area contributed by atoms with E-state index in [-0.39, 0.29) is 11.3 Å². The predicted molar refractivity (Wildman–Crippen MR) is 95.6 cm³/mol. The van der Waals surface area contributed by atoms with Crippen LogP contribution in [0.25, 0.3) is 10.9 Å². The molecular formula is C20H26N2O2. The summed E-state index contributed by atoms with van der Waals surface area (Å²) >= 11 is 0. The molecule has 4 nitrogen and oxygen atoms in total. The molecule has 1 fully saturated rings. The molecule has 2 heterocycles. The second kappa shape index (κ2) is 5.09. The molecule has 2 aliphatic rings. The molecule has 4 heteroatoms. The monoisotopic (exact) mass is 326 g/mol. The van der Waals surface area contributed by atoms with Crippen molar-refractivity contribution in [2.45, 2.75) is 51.0 Å². The number of hydrogen-bond acceptors (Lipinski definition) is 2. The fraction of sp³-hybridized carbons (Fsp3) is 0.550. The lowest BCUT2D eigenvalue weighted by Gasteiger charge is -2.44. The van der Waals surface area contributed by atoms with Crippen molar-refractivity contribution in [2.24, 2.45) is 5.92 Å². The summed E-state index contributed by atoms with van der Waals surface area (Å²) in [5.41, 5.74) is 5.32. The van der Waals surface area contributed by atoms with Gasteiger partial charge in [-0.05, 0) is 48.1 Å². The number of aromatic amines is 1. The third-order valence-electron chi connectivity index (χ3n) is 6.01. The molecule has 1 aromatic carbocycles. The summed E-state index contributed by atoms with van der Waals surface area (Å²) in [5.74, 6) is -0.633. The van der Waals surface area contributed by atoms with Crippen molar-refractivity contribution in [3.8, 4) is 0 Å². The van der Waals surface area contributed by atoms with E-state index in [0.717, 1.165) is 12.8 Å². The number of hydrogen-bond donors (Lipinski definition) is 2. The smallest absolute Gasteiger partial charge is 0.307 e. The number of rotatable bonds is 1. The molecule has 1 aromatic heterocycles. The number of nitrogens with one attached hydrogen (secondary N) is 1. The van der Waals surface area contributed by atoms with Crippen LogP contribution in [0.5, 0.6) is 0 Å². The van der Waals surface area contributed by atoms with Gasteiger partial charge in [0.2, 0.25) is 0 Å². The highest BCUT2D eigenvalue weighted by Gasteiger charge is 2.41. The maximum absolute atomic E-state index is 11.6. The number of H-pyrrole nitrogens is 1. The zero-order chi connectivity index (χ0) is 17.2. The van der Waals surface area contributed by atoms with Crippen molar-refractivity contribution >= 4 is 16.9 Å². The molecule has 3 atom stereocenters. The molecule has 4 rings (SSSR count). The van der Waals surface area contributed by atoms with Crippen molar-refractivity contribution in [3.05, 3.63) is 35.0 Å². The molecular weight excluding hydrogens is 300 g/mol. The lowest BCUT2D eigenvalue weighted by Crippen LogP contribution is -2.49. The van der Waals surface area contributed by atoms with Gasteiger partial charge in [0.15, 0.2) is 0 Å². The highest BCUT2D eigenvalue weighted by atomic mass is 16.4. The van der Waals surface area contributed by atoms with Crippen LogP contribution in [0.15, 0.2) is 18.3 Å². The minimum absolute atomic E-state index is 0.0790. The molecule has 0 bridgehead atoms. The number of carboxylic acids is 1. The average Bonchev–Trinajstić information content (AvgIpc) is 2.91. The molecule has 1 saturated heterocycles. The Hall–Kier alpha value is -1.81. The van der Waals surface area contributed by atoms with Crippen LogP contribution >= 0.6 is 0 Å². The van der Waals surface area contributed by atoms with Gasteiger partial charge in [-0.25, -0.2) is 0 Å².